The van der Waals surface area contributed by atoms with Crippen molar-refractivity contribution < 1.29 is 13.9 Å². The maximum Gasteiger partial charge on any atom is 0.282 e. The molecule has 1 saturated heterocycles. The highest BCUT2D eigenvalue weighted by atomic mass is 19.1. The number of hydrogen-bond acceptors (Lipinski definition) is 7. The Labute approximate surface area is 276 Å². The van der Waals surface area contributed by atoms with Gasteiger partial charge in [0.25, 0.3) is 17.0 Å². The fourth-order valence-corrected chi connectivity index (χ4v) is 6.64. The van der Waals surface area contributed by atoms with Gasteiger partial charge in [-0.25, -0.2) is 9.37 Å². The van der Waals surface area contributed by atoms with Gasteiger partial charge in [0.05, 0.1) is 36.0 Å². The minimum Gasteiger partial charge on any atom is -0.378 e. The van der Waals surface area contributed by atoms with Crippen LogP contribution in [0.15, 0.2) is 70.5 Å². The molecule has 0 saturated carbocycles. The van der Waals surface area contributed by atoms with Gasteiger partial charge >= 0.3 is 0 Å². The molecule has 11 heteroatoms. The number of aromatic nitrogens is 4. The summed E-state index contributed by atoms with van der Waals surface area (Å²) in [6, 6.07) is 14.1. The number of hydrogen-bond donors (Lipinski definition) is 1. The monoisotopic (exact) mass is 648 g/mol. The zero-order valence-corrected chi connectivity index (χ0v) is 27.5. The number of carbonyl (C=O) groups excluding carboxylic acids is 1. The zero-order chi connectivity index (χ0) is 33.7. The molecule has 3 aromatic heterocycles. The molecule has 0 atom stereocenters. The second-order valence-corrected chi connectivity index (χ2v) is 13.4. The average molecular weight is 649 g/mol. The largest absolute Gasteiger partial charge is 0.378 e. The van der Waals surface area contributed by atoms with Crippen molar-refractivity contribution in [2.75, 3.05) is 31.6 Å². The topological polar surface area (TPSA) is 111 Å². The van der Waals surface area contributed by atoms with E-state index in [0.717, 1.165) is 34.4 Å². The van der Waals surface area contributed by atoms with Crippen molar-refractivity contribution in [2.24, 2.45) is 7.05 Å². The van der Waals surface area contributed by atoms with Gasteiger partial charge in [-0.2, -0.15) is 9.78 Å². The molecule has 1 aliphatic carbocycles. The maximum absolute atomic E-state index is 15.5. The Morgan fingerprint density at radius 2 is 1.75 bits per heavy atom. The number of morpholine rings is 1. The van der Waals surface area contributed by atoms with Gasteiger partial charge in [0, 0.05) is 43.0 Å². The van der Waals surface area contributed by atoms with Crippen molar-refractivity contribution in [3.63, 3.8) is 0 Å². The number of halogens is 1. The lowest BCUT2D eigenvalue weighted by molar-refractivity contribution is 0.0302. The van der Waals surface area contributed by atoms with Gasteiger partial charge in [-0.1, -0.05) is 32.9 Å². The molecule has 1 fully saturated rings. The molecule has 48 heavy (non-hydrogen) atoms. The normalized spacial score (nSPS) is 14.7. The summed E-state index contributed by atoms with van der Waals surface area (Å²) >= 11 is 0. The zero-order valence-electron chi connectivity index (χ0n) is 27.5. The third-order valence-electron chi connectivity index (χ3n) is 9.33. The molecular weight excluding hydrogens is 611 g/mol. The van der Waals surface area contributed by atoms with Crippen molar-refractivity contribution in [3.8, 4) is 16.8 Å². The van der Waals surface area contributed by atoms with Crippen LogP contribution in [0.3, 0.4) is 0 Å². The summed E-state index contributed by atoms with van der Waals surface area (Å²) in [6.07, 6.45) is 5.09. The molecule has 0 bridgehead atoms. The predicted molar refractivity (Wildman–Crippen MR) is 183 cm³/mol. The number of rotatable bonds is 4. The Kier molecular flexibility index (Phi) is 7.95. The van der Waals surface area contributed by atoms with E-state index >= 15 is 4.39 Å². The number of fused-ring (bicyclic) bond motifs is 4. The summed E-state index contributed by atoms with van der Waals surface area (Å²) in [5.41, 5.74) is 4.64. The van der Waals surface area contributed by atoms with E-state index in [1.165, 1.54) is 16.9 Å². The van der Waals surface area contributed by atoms with Crippen LogP contribution in [-0.4, -0.2) is 56.4 Å². The van der Waals surface area contributed by atoms with Crippen molar-refractivity contribution in [1.29, 1.82) is 0 Å². The van der Waals surface area contributed by atoms with Crippen LogP contribution in [0.25, 0.3) is 27.6 Å². The van der Waals surface area contributed by atoms with E-state index in [4.69, 9.17) is 4.74 Å². The molecule has 0 radical (unpaired) electrons. The predicted octanol–water partition coefficient (Wildman–Crippen LogP) is 5.29. The van der Waals surface area contributed by atoms with Gasteiger partial charge in [-0.3, -0.25) is 14.4 Å². The molecule has 4 heterocycles. The van der Waals surface area contributed by atoms with Crippen molar-refractivity contribution >= 4 is 28.2 Å². The molecule has 10 nitrogen and oxygen atoms in total. The first kappa shape index (κ1) is 31.4. The van der Waals surface area contributed by atoms with E-state index in [1.807, 2.05) is 51.1 Å². The highest BCUT2D eigenvalue weighted by Crippen LogP contribution is 2.36. The van der Waals surface area contributed by atoms with Gasteiger partial charge in [0.2, 0.25) is 0 Å². The minimum absolute atomic E-state index is 0.00340. The first-order valence-electron chi connectivity index (χ1n) is 16.2. The summed E-state index contributed by atoms with van der Waals surface area (Å²) in [7, 11) is 1.75. The molecule has 5 aromatic rings. The number of amides is 1. The third-order valence-corrected chi connectivity index (χ3v) is 9.33. The van der Waals surface area contributed by atoms with Crippen LogP contribution >= 0.6 is 0 Å². The lowest BCUT2D eigenvalue weighted by Gasteiger charge is -2.26. The highest BCUT2D eigenvalue weighted by molar-refractivity contribution is 5.94. The summed E-state index contributed by atoms with van der Waals surface area (Å²) < 4.78 is 23.8. The summed E-state index contributed by atoms with van der Waals surface area (Å²) in [5.74, 6) is -0.247. The third kappa shape index (κ3) is 5.57. The first-order valence-corrected chi connectivity index (χ1v) is 16.2. The Bertz CT molecular complexity index is 2190. The van der Waals surface area contributed by atoms with E-state index in [9.17, 15) is 14.4 Å². The SMILES string of the molecule is Cn1c2c(cc(Nc3ccc(C(=O)N4CCOCC4)cn3)c1=O)-c1cccc(-n3ncc4cc(C(C)(C)C)cc(F)c4c3=O)c1CCC2. The molecule has 1 amide bonds. The van der Waals surface area contributed by atoms with Crippen molar-refractivity contribution in [3.05, 3.63) is 110 Å². The molecule has 2 aliphatic rings. The fraction of sp³-hybridized carbons (Fsp3) is 0.324. The van der Waals surface area contributed by atoms with Crippen LogP contribution in [-0.2, 0) is 30.0 Å². The molecule has 2 aromatic carbocycles. The van der Waals surface area contributed by atoms with Crippen LogP contribution in [0, 0.1) is 5.82 Å². The molecule has 1 aliphatic heterocycles. The summed E-state index contributed by atoms with van der Waals surface area (Å²) in [6.45, 7) is 8.09. The number of anilines is 2. The van der Waals surface area contributed by atoms with E-state index in [2.05, 4.69) is 15.4 Å². The maximum atomic E-state index is 15.5. The second-order valence-electron chi connectivity index (χ2n) is 13.4. The van der Waals surface area contributed by atoms with Gasteiger partial charge in [0.15, 0.2) is 0 Å². The van der Waals surface area contributed by atoms with E-state index in [-0.39, 0.29) is 22.3 Å². The van der Waals surface area contributed by atoms with Gasteiger partial charge in [0.1, 0.15) is 17.3 Å². The lowest BCUT2D eigenvalue weighted by Crippen LogP contribution is -2.40. The van der Waals surface area contributed by atoms with Crippen LogP contribution in [0.5, 0.6) is 0 Å². The molecule has 7 rings (SSSR count). The molecule has 0 spiro atoms. The van der Waals surface area contributed by atoms with Crippen molar-refractivity contribution in [1.82, 2.24) is 24.2 Å². The minimum atomic E-state index is -0.566. The average Bonchev–Trinajstić information content (AvgIpc) is 3.27. The number of nitrogens with one attached hydrogen (secondary N) is 1. The fourth-order valence-electron chi connectivity index (χ4n) is 6.64. The van der Waals surface area contributed by atoms with Gasteiger partial charge in [-0.05, 0) is 77.8 Å². The number of benzene rings is 2. The standard InChI is InChI=1S/C37H37FN6O4/c1-37(2,3)24-17-23-21-40-44(36(47)33(23)28(38)18-24)31-10-5-7-25-26(31)8-6-9-30-27(25)19-29(35(46)42(30)4)41-32-12-11-22(20-39-32)34(45)43-13-15-48-16-14-43/h5,7,10-12,17-21H,6,8-9,13-16H2,1-4H3,(H,39,41). The van der Waals surface area contributed by atoms with E-state index < -0.39 is 11.4 Å². The lowest BCUT2D eigenvalue weighted by atomic mass is 9.86. The quantitative estimate of drug-likeness (QED) is 0.282. The number of nitrogens with zero attached hydrogens (tertiary/aromatic N) is 5. The molecule has 0 unspecified atom stereocenters. The van der Waals surface area contributed by atoms with Crippen LogP contribution in [0.2, 0.25) is 0 Å². The van der Waals surface area contributed by atoms with E-state index in [0.29, 0.717) is 67.3 Å². The number of carbonyl (C=O) groups is 1. The Morgan fingerprint density at radius 3 is 2.48 bits per heavy atom. The number of pyridine rings is 2. The first-order chi connectivity index (χ1) is 23.0. The van der Waals surface area contributed by atoms with Crippen LogP contribution < -0.4 is 16.4 Å². The van der Waals surface area contributed by atoms with Crippen LogP contribution in [0.4, 0.5) is 15.9 Å². The molecule has 246 valence electrons. The Hall–Kier alpha value is -5.16. The van der Waals surface area contributed by atoms with Crippen LogP contribution in [0.1, 0.15) is 54.4 Å². The summed E-state index contributed by atoms with van der Waals surface area (Å²) in [4.78, 5) is 46.4. The second kappa shape index (κ2) is 12.1. The molecular formula is C37H37FN6O4. The van der Waals surface area contributed by atoms with E-state index in [1.54, 1.807) is 34.8 Å². The van der Waals surface area contributed by atoms with Crippen molar-refractivity contribution in [2.45, 2.75) is 45.4 Å². The smallest absolute Gasteiger partial charge is 0.282 e. The van der Waals surface area contributed by atoms with Gasteiger partial charge < -0.3 is 19.5 Å². The Morgan fingerprint density at radius 1 is 0.958 bits per heavy atom. The highest BCUT2D eigenvalue weighted by Gasteiger charge is 2.25. The molecule has 1 N–H and O–H groups in total. The number of ether oxygens (including phenoxy) is 1. The van der Waals surface area contributed by atoms with Gasteiger partial charge in [-0.15, -0.1) is 0 Å². The summed E-state index contributed by atoms with van der Waals surface area (Å²) in [5, 5.41) is 8.14. The Balaban J connectivity index is 1.27.